The van der Waals surface area contributed by atoms with Crippen molar-refractivity contribution in [2.75, 3.05) is 6.54 Å². The van der Waals surface area contributed by atoms with Crippen molar-refractivity contribution in [3.63, 3.8) is 0 Å². The largest absolute Gasteiger partial charge is 0.338 e. The van der Waals surface area contributed by atoms with Crippen LogP contribution in [0, 0.1) is 5.92 Å². The SMILES string of the molecule is CCNC(=O)NCc1nccn1CC(C)C. The maximum absolute atomic E-state index is 11.2. The van der Waals surface area contributed by atoms with Crippen LogP contribution in [0.3, 0.4) is 0 Å². The summed E-state index contributed by atoms with van der Waals surface area (Å²) in [4.78, 5) is 15.4. The van der Waals surface area contributed by atoms with E-state index in [-0.39, 0.29) is 6.03 Å². The molecule has 0 aromatic carbocycles. The quantitative estimate of drug-likeness (QED) is 0.793. The van der Waals surface area contributed by atoms with E-state index in [9.17, 15) is 4.79 Å². The highest BCUT2D eigenvalue weighted by Crippen LogP contribution is 2.03. The molecule has 0 atom stereocenters. The fourth-order valence-electron chi connectivity index (χ4n) is 1.45. The van der Waals surface area contributed by atoms with E-state index < -0.39 is 0 Å². The summed E-state index contributed by atoms with van der Waals surface area (Å²) in [5.74, 6) is 1.46. The van der Waals surface area contributed by atoms with E-state index in [0.29, 0.717) is 19.0 Å². The normalized spacial score (nSPS) is 10.5. The van der Waals surface area contributed by atoms with Crippen LogP contribution in [-0.2, 0) is 13.1 Å². The third kappa shape index (κ3) is 3.92. The van der Waals surface area contributed by atoms with Crippen LogP contribution in [0.25, 0.3) is 0 Å². The summed E-state index contributed by atoms with van der Waals surface area (Å²) in [5.41, 5.74) is 0. The van der Waals surface area contributed by atoms with Gasteiger partial charge in [0.15, 0.2) is 0 Å². The van der Waals surface area contributed by atoms with Crippen molar-refractivity contribution < 1.29 is 4.79 Å². The number of carbonyl (C=O) groups is 1. The molecule has 1 aromatic heterocycles. The molecule has 0 saturated heterocycles. The van der Waals surface area contributed by atoms with Gasteiger partial charge in [0.05, 0.1) is 6.54 Å². The molecule has 1 rings (SSSR count). The van der Waals surface area contributed by atoms with Gasteiger partial charge in [-0.15, -0.1) is 0 Å². The summed E-state index contributed by atoms with van der Waals surface area (Å²) in [7, 11) is 0. The zero-order chi connectivity index (χ0) is 12.0. The first-order valence-corrected chi connectivity index (χ1v) is 5.65. The monoisotopic (exact) mass is 224 g/mol. The molecule has 2 amide bonds. The smallest absolute Gasteiger partial charge is 0.315 e. The van der Waals surface area contributed by atoms with Gasteiger partial charge in [0.2, 0.25) is 0 Å². The minimum absolute atomic E-state index is 0.151. The van der Waals surface area contributed by atoms with Crippen molar-refractivity contribution in [1.29, 1.82) is 0 Å². The molecule has 16 heavy (non-hydrogen) atoms. The molecular formula is C11H20N4O. The second-order valence-corrected chi connectivity index (χ2v) is 4.10. The number of nitrogens with one attached hydrogen (secondary N) is 2. The van der Waals surface area contributed by atoms with Crippen LogP contribution in [-0.4, -0.2) is 22.1 Å². The second-order valence-electron chi connectivity index (χ2n) is 4.10. The molecule has 0 saturated carbocycles. The number of hydrogen-bond acceptors (Lipinski definition) is 2. The van der Waals surface area contributed by atoms with Gasteiger partial charge in [-0.1, -0.05) is 13.8 Å². The second kappa shape index (κ2) is 6.15. The average molecular weight is 224 g/mol. The molecule has 2 N–H and O–H groups in total. The molecule has 5 nitrogen and oxygen atoms in total. The molecule has 0 radical (unpaired) electrons. The first-order chi connectivity index (χ1) is 7.63. The number of rotatable bonds is 5. The van der Waals surface area contributed by atoms with E-state index >= 15 is 0 Å². The number of aromatic nitrogens is 2. The molecular weight excluding hydrogens is 204 g/mol. The molecule has 0 spiro atoms. The highest BCUT2D eigenvalue weighted by Gasteiger charge is 2.05. The van der Waals surface area contributed by atoms with Gasteiger partial charge >= 0.3 is 6.03 Å². The topological polar surface area (TPSA) is 59.0 Å². The Morgan fingerprint density at radius 3 is 2.88 bits per heavy atom. The van der Waals surface area contributed by atoms with Gasteiger partial charge in [0.1, 0.15) is 5.82 Å². The fourth-order valence-corrected chi connectivity index (χ4v) is 1.45. The minimum atomic E-state index is -0.151. The van der Waals surface area contributed by atoms with Crippen molar-refractivity contribution in [3.8, 4) is 0 Å². The Balaban J connectivity index is 2.47. The summed E-state index contributed by atoms with van der Waals surface area (Å²) < 4.78 is 2.07. The van der Waals surface area contributed by atoms with E-state index in [2.05, 4.69) is 34.0 Å². The Hall–Kier alpha value is -1.52. The van der Waals surface area contributed by atoms with Crippen molar-refractivity contribution in [1.82, 2.24) is 20.2 Å². The van der Waals surface area contributed by atoms with E-state index in [1.165, 1.54) is 0 Å². The zero-order valence-electron chi connectivity index (χ0n) is 10.2. The Kier molecular flexibility index (Phi) is 4.82. The van der Waals surface area contributed by atoms with E-state index in [0.717, 1.165) is 12.4 Å². The summed E-state index contributed by atoms with van der Waals surface area (Å²) in [6.45, 7) is 8.21. The highest BCUT2D eigenvalue weighted by atomic mass is 16.2. The first-order valence-electron chi connectivity index (χ1n) is 5.65. The van der Waals surface area contributed by atoms with Gasteiger partial charge in [-0.05, 0) is 12.8 Å². The van der Waals surface area contributed by atoms with Crippen LogP contribution in [0.15, 0.2) is 12.4 Å². The van der Waals surface area contributed by atoms with Crippen LogP contribution >= 0.6 is 0 Å². The van der Waals surface area contributed by atoms with E-state index in [1.54, 1.807) is 6.20 Å². The third-order valence-corrected chi connectivity index (χ3v) is 2.11. The lowest BCUT2D eigenvalue weighted by Gasteiger charge is -2.11. The van der Waals surface area contributed by atoms with Gasteiger partial charge in [0.25, 0.3) is 0 Å². The van der Waals surface area contributed by atoms with E-state index in [4.69, 9.17) is 0 Å². The van der Waals surface area contributed by atoms with Crippen molar-refractivity contribution >= 4 is 6.03 Å². The Bertz CT molecular complexity index is 332. The Morgan fingerprint density at radius 2 is 2.25 bits per heavy atom. The van der Waals surface area contributed by atoms with Gasteiger partial charge < -0.3 is 15.2 Å². The summed E-state index contributed by atoms with van der Waals surface area (Å²) in [6.07, 6.45) is 3.70. The lowest BCUT2D eigenvalue weighted by molar-refractivity contribution is 0.240. The predicted octanol–water partition coefficient (Wildman–Crippen LogP) is 1.36. The van der Waals surface area contributed by atoms with Crippen LogP contribution in [0.1, 0.15) is 26.6 Å². The number of nitrogens with zero attached hydrogens (tertiary/aromatic N) is 2. The number of carbonyl (C=O) groups excluding carboxylic acids is 1. The van der Waals surface area contributed by atoms with Gasteiger partial charge in [-0.3, -0.25) is 0 Å². The van der Waals surface area contributed by atoms with Crippen LogP contribution in [0.2, 0.25) is 0 Å². The van der Waals surface area contributed by atoms with Gasteiger partial charge in [-0.25, -0.2) is 9.78 Å². The summed E-state index contributed by atoms with van der Waals surface area (Å²) >= 11 is 0. The molecule has 0 aliphatic rings. The number of amides is 2. The predicted molar refractivity (Wildman–Crippen MR) is 63.0 cm³/mol. The third-order valence-electron chi connectivity index (χ3n) is 2.11. The van der Waals surface area contributed by atoms with Crippen LogP contribution in [0.4, 0.5) is 4.79 Å². The van der Waals surface area contributed by atoms with Crippen molar-refractivity contribution in [2.24, 2.45) is 5.92 Å². The molecule has 0 fully saturated rings. The Morgan fingerprint density at radius 1 is 1.50 bits per heavy atom. The van der Waals surface area contributed by atoms with Crippen molar-refractivity contribution in [3.05, 3.63) is 18.2 Å². The lowest BCUT2D eigenvalue weighted by atomic mass is 10.2. The maximum atomic E-state index is 11.2. The number of imidazole rings is 1. The average Bonchev–Trinajstić information content (AvgIpc) is 2.62. The van der Waals surface area contributed by atoms with Gasteiger partial charge in [0, 0.05) is 25.5 Å². The van der Waals surface area contributed by atoms with Crippen LogP contribution < -0.4 is 10.6 Å². The molecule has 90 valence electrons. The zero-order valence-corrected chi connectivity index (χ0v) is 10.2. The molecule has 0 bridgehead atoms. The summed E-state index contributed by atoms with van der Waals surface area (Å²) in [5, 5.41) is 5.45. The number of urea groups is 1. The molecule has 0 aliphatic heterocycles. The van der Waals surface area contributed by atoms with Crippen LogP contribution in [0.5, 0.6) is 0 Å². The summed E-state index contributed by atoms with van der Waals surface area (Å²) in [6, 6.07) is -0.151. The Labute approximate surface area is 96.3 Å². The van der Waals surface area contributed by atoms with Crippen molar-refractivity contribution in [2.45, 2.75) is 33.9 Å². The molecule has 1 heterocycles. The minimum Gasteiger partial charge on any atom is -0.338 e. The molecule has 0 aliphatic carbocycles. The maximum Gasteiger partial charge on any atom is 0.315 e. The number of hydrogen-bond donors (Lipinski definition) is 2. The van der Waals surface area contributed by atoms with Gasteiger partial charge in [-0.2, -0.15) is 0 Å². The fraction of sp³-hybridized carbons (Fsp3) is 0.636. The standard InChI is InChI=1S/C11H20N4O/c1-4-12-11(16)14-7-10-13-5-6-15(10)8-9(2)3/h5-6,9H,4,7-8H2,1-3H3,(H2,12,14,16). The lowest BCUT2D eigenvalue weighted by Crippen LogP contribution is -2.35. The first kappa shape index (κ1) is 12.5. The van der Waals surface area contributed by atoms with E-state index in [1.807, 2.05) is 13.1 Å². The molecule has 5 heteroatoms. The highest BCUT2D eigenvalue weighted by molar-refractivity contribution is 5.73. The molecule has 1 aromatic rings. The molecule has 0 unspecified atom stereocenters.